The van der Waals surface area contributed by atoms with E-state index in [1.165, 1.54) is 23.5 Å². The Morgan fingerprint density at radius 2 is 1.69 bits per heavy atom. The van der Waals surface area contributed by atoms with Crippen LogP contribution in [0.1, 0.15) is 15.3 Å². The molecule has 1 N–H and O–H groups in total. The predicted octanol–water partition coefficient (Wildman–Crippen LogP) is 5.80. The van der Waals surface area contributed by atoms with Crippen LogP contribution in [0.15, 0.2) is 66.7 Å². The average molecular weight is 417 g/mol. The van der Waals surface area contributed by atoms with Crippen molar-refractivity contribution in [2.24, 2.45) is 0 Å². The van der Waals surface area contributed by atoms with Gasteiger partial charge in [0.15, 0.2) is 0 Å². The van der Waals surface area contributed by atoms with E-state index in [1.807, 2.05) is 42.5 Å². The predicted molar refractivity (Wildman–Crippen MR) is 104 cm³/mol. The lowest BCUT2D eigenvalue weighted by Gasteiger charge is -2.10. The van der Waals surface area contributed by atoms with Gasteiger partial charge in [0.25, 0.3) is 0 Å². The zero-order valence-corrected chi connectivity index (χ0v) is 15.6. The van der Waals surface area contributed by atoms with E-state index in [9.17, 15) is 18.0 Å². The molecule has 0 spiro atoms. The molecule has 1 heterocycles. The zero-order valence-electron chi connectivity index (χ0n) is 14.8. The van der Waals surface area contributed by atoms with Crippen LogP contribution in [0.25, 0.3) is 0 Å². The summed E-state index contributed by atoms with van der Waals surface area (Å²) in [5.74, 6) is 5.72. The van der Waals surface area contributed by atoms with Gasteiger partial charge in [-0.15, -0.1) is 24.5 Å². The minimum Gasteiger partial charge on any atom is -0.444 e. The van der Waals surface area contributed by atoms with Crippen molar-refractivity contribution in [2.75, 3.05) is 5.32 Å². The van der Waals surface area contributed by atoms with Gasteiger partial charge in [-0.1, -0.05) is 30.0 Å². The molecule has 148 valence electrons. The molecule has 0 bridgehead atoms. The average Bonchev–Trinajstić information content (AvgIpc) is 3.14. The van der Waals surface area contributed by atoms with E-state index in [0.717, 1.165) is 27.5 Å². The molecule has 1 amide bonds. The number of rotatable bonds is 4. The Morgan fingerprint density at radius 3 is 2.38 bits per heavy atom. The second-order valence-corrected chi connectivity index (χ2v) is 6.82. The van der Waals surface area contributed by atoms with E-state index in [-0.39, 0.29) is 18.0 Å². The fraction of sp³-hybridized carbons (Fsp3) is 0.0952. The molecule has 8 heteroatoms. The number of thiophene rings is 1. The quantitative estimate of drug-likeness (QED) is 0.546. The first-order valence-corrected chi connectivity index (χ1v) is 9.14. The van der Waals surface area contributed by atoms with Gasteiger partial charge in [0.1, 0.15) is 12.4 Å². The molecule has 0 aliphatic carbocycles. The molecule has 0 atom stereocenters. The number of carbonyl (C=O) groups excluding carboxylic acids is 1. The standard InChI is InChI=1S/C21H14F3NO3S/c22-21(23,24)28-17-9-7-16(8-10-17)25-20(26)27-14-19-13-12-18(29-19)11-6-15-4-2-1-3-5-15/h1-5,7-10,12-13H,14H2,(H,25,26). The van der Waals surface area contributed by atoms with E-state index in [1.54, 1.807) is 0 Å². The van der Waals surface area contributed by atoms with Crippen LogP contribution in [0.3, 0.4) is 0 Å². The maximum atomic E-state index is 12.1. The van der Waals surface area contributed by atoms with E-state index < -0.39 is 12.5 Å². The molecule has 3 rings (SSSR count). The van der Waals surface area contributed by atoms with E-state index >= 15 is 0 Å². The van der Waals surface area contributed by atoms with Gasteiger partial charge in [0, 0.05) is 16.1 Å². The fourth-order valence-electron chi connectivity index (χ4n) is 2.21. The Bertz CT molecular complexity index is 1020. The van der Waals surface area contributed by atoms with E-state index in [2.05, 4.69) is 21.9 Å². The third-order valence-corrected chi connectivity index (χ3v) is 4.42. The van der Waals surface area contributed by atoms with Gasteiger partial charge in [-0.3, -0.25) is 5.32 Å². The summed E-state index contributed by atoms with van der Waals surface area (Å²) < 4.78 is 45.3. The molecule has 0 unspecified atom stereocenters. The van der Waals surface area contributed by atoms with Crippen molar-refractivity contribution < 1.29 is 27.4 Å². The number of halogens is 3. The van der Waals surface area contributed by atoms with Crippen LogP contribution in [0.5, 0.6) is 5.75 Å². The van der Waals surface area contributed by atoms with Crippen molar-refractivity contribution >= 4 is 23.1 Å². The van der Waals surface area contributed by atoms with Gasteiger partial charge in [-0.2, -0.15) is 0 Å². The Hall–Kier alpha value is -3.44. The molecular formula is C21H14F3NO3S. The first-order valence-electron chi connectivity index (χ1n) is 8.33. The smallest absolute Gasteiger partial charge is 0.444 e. The third kappa shape index (κ3) is 6.90. The molecule has 29 heavy (non-hydrogen) atoms. The number of nitrogens with one attached hydrogen (secondary N) is 1. The summed E-state index contributed by atoms with van der Waals surface area (Å²) in [5.41, 5.74) is 1.19. The largest absolute Gasteiger partial charge is 0.573 e. The molecule has 0 aliphatic rings. The zero-order chi connectivity index (χ0) is 20.7. The van der Waals surface area contributed by atoms with Gasteiger partial charge in [0.2, 0.25) is 0 Å². The van der Waals surface area contributed by atoms with Gasteiger partial charge in [-0.25, -0.2) is 4.79 Å². The highest BCUT2D eigenvalue weighted by molar-refractivity contribution is 7.12. The lowest BCUT2D eigenvalue weighted by molar-refractivity contribution is -0.274. The van der Waals surface area contributed by atoms with Crippen molar-refractivity contribution in [3.63, 3.8) is 0 Å². The number of alkyl halides is 3. The molecule has 0 aliphatic heterocycles. The molecule has 1 aromatic heterocycles. The van der Waals surface area contributed by atoms with Crippen molar-refractivity contribution in [1.29, 1.82) is 0 Å². The van der Waals surface area contributed by atoms with Crippen molar-refractivity contribution in [1.82, 2.24) is 0 Å². The number of hydrogen-bond donors (Lipinski definition) is 1. The second kappa shape index (κ2) is 9.17. The highest BCUT2D eigenvalue weighted by Gasteiger charge is 2.30. The Kier molecular flexibility index (Phi) is 6.42. The van der Waals surface area contributed by atoms with Crippen LogP contribution in [0, 0.1) is 11.8 Å². The van der Waals surface area contributed by atoms with E-state index in [0.29, 0.717) is 0 Å². The maximum absolute atomic E-state index is 12.1. The fourth-order valence-corrected chi connectivity index (χ4v) is 2.98. The first-order chi connectivity index (χ1) is 13.9. The Labute approximate surface area is 168 Å². The van der Waals surface area contributed by atoms with Crippen LogP contribution in [-0.2, 0) is 11.3 Å². The van der Waals surface area contributed by atoms with Crippen molar-refractivity contribution in [3.8, 4) is 17.6 Å². The highest BCUT2D eigenvalue weighted by Crippen LogP contribution is 2.24. The molecule has 0 saturated carbocycles. The summed E-state index contributed by atoms with van der Waals surface area (Å²) in [6.07, 6.45) is -5.49. The van der Waals surface area contributed by atoms with Gasteiger partial charge < -0.3 is 9.47 Å². The summed E-state index contributed by atoms with van der Waals surface area (Å²) in [6, 6.07) is 18.0. The van der Waals surface area contributed by atoms with Crippen molar-refractivity contribution in [2.45, 2.75) is 13.0 Å². The molecule has 3 aromatic rings. The normalized spacial score (nSPS) is 10.6. The monoisotopic (exact) mass is 417 g/mol. The highest BCUT2D eigenvalue weighted by atomic mass is 32.1. The topological polar surface area (TPSA) is 47.6 Å². The van der Waals surface area contributed by atoms with Crippen LogP contribution in [-0.4, -0.2) is 12.5 Å². The number of hydrogen-bond acceptors (Lipinski definition) is 4. The number of benzene rings is 2. The minimum atomic E-state index is -4.76. The van der Waals surface area contributed by atoms with Crippen LogP contribution >= 0.6 is 11.3 Å². The molecule has 2 aromatic carbocycles. The summed E-state index contributed by atoms with van der Waals surface area (Å²) in [7, 11) is 0. The molecule has 0 fully saturated rings. The van der Waals surface area contributed by atoms with E-state index in [4.69, 9.17) is 4.74 Å². The van der Waals surface area contributed by atoms with Crippen LogP contribution in [0.2, 0.25) is 0 Å². The lowest BCUT2D eigenvalue weighted by atomic mass is 10.2. The van der Waals surface area contributed by atoms with Gasteiger partial charge in [-0.05, 0) is 48.5 Å². The third-order valence-electron chi connectivity index (χ3n) is 3.45. The number of anilines is 1. The van der Waals surface area contributed by atoms with Crippen molar-refractivity contribution in [3.05, 3.63) is 82.0 Å². The molecule has 0 radical (unpaired) electrons. The Balaban J connectivity index is 1.49. The van der Waals surface area contributed by atoms with Crippen LogP contribution < -0.4 is 10.1 Å². The summed E-state index contributed by atoms with van der Waals surface area (Å²) >= 11 is 1.41. The SMILES string of the molecule is O=C(Nc1ccc(OC(F)(F)F)cc1)OCc1ccc(C#Cc2ccccc2)s1. The van der Waals surface area contributed by atoms with Crippen LogP contribution in [0.4, 0.5) is 23.7 Å². The van der Waals surface area contributed by atoms with Gasteiger partial charge >= 0.3 is 12.5 Å². The van der Waals surface area contributed by atoms with Gasteiger partial charge in [0.05, 0.1) is 4.88 Å². The molecule has 4 nitrogen and oxygen atoms in total. The molecule has 0 saturated heterocycles. The minimum absolute atomic E-state index is 0.0544. The maximum Gasteiger partial charge on any atom is 0.573 e. The number of amides is 1. The lowest BCUT2D eigenvalue weighted by Crippen LogP contribution is -2.17. The molecular weight excluding hydrogens is 403 g/mol. The Morgan fingerprint density at radius 1 is 0.966 bits per heavy atom. The second-order valence-electron chi connectivity index (χ2n) is 5.66. The summed E-state index contributed by atoms with van der Waals surface area (Å²) in [5, 5.41) is 2.43. The summed E-state index contributed by atoms with van der Waals surface area (Å²) in [4.78, 5) is 13.5. The number of carbonyl (C=O) groups is 1. The number of ether oxygens (including phenoxy) is 2. The first kappa shape index (κ1) is 20.3. The summed E-state index contributed by atoms with van der Waals surface area (Å²) in [6.45, 7) is 0.0544.